The lowest BCUT2D eigenvalue weighted by atomic mass is 10.1. The van der Waals surface area contributed by atoms with E-state index in [4.69, 9.17) is 4.84 Å². The lowest BCUT2D eigenvalue weighted by molar-refractivity contribution is -0.206. The summed E-state index contributed by atoms with van der Waals surface area (Å²) >= 11 is 0. The molecule has 0 N–H and O–H groups in total. The van der Waals surface area contributed by atoms with Crippen molar-refractivity contribution in [2.45, 2.75) is 25.9 Å². The maximum atomic E-state index is 10.5. The van der Waals surface area contributed by atoms with Crippen LogP contribution in [-0.2, 0) is 9.94 Å². The zero-order valence-electron chi connectivity index (χ0n) is 10.3. The van der Waals surface area contributed by atoms with E-state index in [0.29, 0.717) is 0 Å². The second-order valence-corrected chi connectivity index (χ2v) is 4.42. The SMILES string of the molecule is CC(C)N(OCC[O])C1C=Cc2ccccc21. The van der Waals surface area contributed by atoms with Gasteiger partial charge in [-0.3, -0.25) is 4.84 Å². The molecule has 1 radical (unpaired) electrons. The van der Waals surface area contributed by atoms with Gasteiger partial charge in [0.05, 0.1) is 12.6 Å². The number of hydrogen-bond acceptors (Lipinski definition) is 2. The number of hydrogen-bond donors (Lipinski definition) is 0. The molecule has 0 aliphatic heterocycles. The standard InChI is InChI=1S/C14H18NO2/c1-11(2)15(17-10-9-16)14-8-7-12-5-3-4-6-13(12)14/h3-8,11,14H,9-10H2,1-2H3. The maximum absolute atomic E-state index is 10.5. The van der Waals surface area contributed by atoms with Crippen molar-refractivity contribution in [2.75, 3.05) is 13.2 Å². The first-order valence-corrected chi connectivity index (χ1v) is 6.00. The summed E-state index contributed by atoms with van der Waals surface area (Å²) in [4.78, 5) is 5.56. The van der Waals surface area contributed by atoms with Crippen molar-refractivity contribution in [2.24, 2.45) is 0 Å². The van der Waals surface area contributed by atoms with Gasteiger partial charge in [0.1, 0.15) is 6.61 Å². The van der Waals surface area contributed by atoms with E-state index in [1.165, 1.54) is 11.1 Å². The van der Waals surface area contributed by atoms with Crippen LogP contribution in [0.4, 0.5) is 0 Å². The normalized spacial score (nSPS) is 18.1. The summed E-state index contributed by atoms with van der Waals surface area (Å²) < 4.78 is 0. The van der Waals surface area contributed by atoms with Crippen LogP contribution in [-0.4, -0.2) is 24.3 Å². The van der Waals surface area contributed by atoms with Gasteiger partial charge in [-0.05, 0) is 25.0 Å². The van der Waals surface area contributed by atoms with Crippen molar-refractivity contribution < 1.29 is 9.94 Å². The van der Waals surface area contributed by atoms with Crippen LogP contribution < -0.4 is 0 Å². The van der Waals surface area contributed by atoms with Crippen molar-refractivity contribution in [3.05, 3.63) is 41.5 Å². The highest BCUT2D eigenvalue weighted by atomic mass is 16.7. The number of nitrogens with zero attached hydrogens (tertiary/aromatic N) is 1. The molecule has 0 spiro atoms. The minimum Gasteiger partial charge on any atom is -0.295 e. The quantitative estimate of drug-likeness (QED) is 0.731. The highest BCUT2D eigenvalue weighted by Gasteiger charge is 2.26. The molecule has 0 heterocycles. The lowest BCUT2D eigenvalue weighted by Gasteiger charge is -2.31. The van der Waals surface area contributed by atoms with Gasteiger partial charge in [0.2, 0.25) is 0 Å². The van der Waals surface area contributed by atoms with E-state index in [1.54, 1.807) is 0 Å². The Kier molecular flexibility index (Phi) is 3.94. The molecular formula is C14H18NO2. The molecule has 1 aliphatic carbocycles. The largest absolute Gasteiger partial charge is 0.295 e. The smallest absolute Gasteiger partial charge is 0.108 e. The van der Waals surface area contributed by atoms with Crippen LogP contribution in [0.25, 0.3) is 6.08 Å². The van der Waals surface area contributed by atoms with E-state index < -0.39 is 0 Å². The highest BCUT2D eigenvalue weighted by molar-refractivity contribution is 5.61. The fourth-order valence-corrected chi connectivity index (χ4v) is 2.15. The Bertz CT molecular complexity index is 401. The maximum Gasteiger partial charge on any atom is 0.108 e. The highest BCUT2D eigenvalue weighted by Crippen LogP contribution is 2.33. The molecule has 1 aromatic rings. The van der Waals surface area contributed by atoms with E-state index in [-0.39, 0.29) is 25.3 Å². The Hall–Kier alpha value is -1.16. The third kappa shape index (κ3) is 2.57. The molecule has 0 saturated carbocycles. The summed E-state index contributed by atoms with van der Waals surface area (Å²) in [6.45, 7) is 4.16. The van der Waals surface area contributed by atoms with Crippen LogP contribution in [0.5, 0.6) is 0 Å². The van der Waals surface area contributed by atoms with Crippen molar-refractivity contribution in [3.8, 4) is 0 Å². The Morgan fingerprint density at radius 3 is 2.82 bits per heavy atom. The predicted octanol–water partition coefficient (Wildman–Crippen LogP) is 2.83. The zero-order chi connectivity index (χ0) is 12.3. The minimum absolute atomic E-state index is 0.123. The van der Waals surface area contributed by atoms with Crippen molar-refractivity contribution in [1.82, 2.24) is 5.06 Å². The molecule has 1 aromatic carbocycles. The van der Waals surface area contributed by atoms with Crippen LogP contribution >= 0.6 is 0 Å². The minimum atomic E-state index is -0.207. The summed E-state index contributed by atoms with van der Waals surface area (Å²) in [7, 11) is 0. The van der Waals surface area contributed by atoms with Crippen molar-refractivity contribution >= 4 is 6.08 Å². The van der Waals surface area contributed by atoms with Gasteiger partial charge in [-0.2, -0.15) is 5.06 Å². The van der Waals surface area contributed by atoms with Crippen molar-refractivity contribution in [3.63, 3.8) is 0 Å². The Labute approximate surface area is 102 Å². The van der Waals surface area contributed by atoms with E-state index >= 15 is 0 Å². The Balaban J connectivity index is 2.19. The molecule has 0 saturated heterocycles. The van der Waals surface area contributed by atoms with Crippen LogP contribution in [0.2, 0.25) is 0 Å². The monoisotopic (exact) mass is 232 g/mol. The van der Waals surface area contributed by atoms with Gasteiger partial charge in [-0.15, -0.1) is 0 Å². The second-order valence-electron chi connectivity index (χ2n) is 4.42. The molecule has 2 rings (SSSR count). The number of fused-ring (bicyclic) bond motifs is 1. The third-order valence-electron chi connectivity index (χ3n) is 2.88. The zero-order valence-corrected chi connectivity index (χ0v) is 10.3. The summed E-state index contributed by atoms with van der Waals surface area (Å²) in [6, 6.07) is 8.63. The van der Waals surface area contributed by atoms with Crippen molar-refractivity contribution in [1.29, 1.82) is 0 Å². The first kappa shape index (κ1) is 12.3. The molecule has 1 atom stereocenters. The first-order valence-electron chi connectivity index (χ1n) is 6.00. The van der Waals surface area contributed by atoms with E-state index in [1.807, 2.05) is 17.2 Å². The molecule has 1 unspecified atom stereocenters. The average Bonchev–Trinajstić information content (AvgIpc) is 2.73. The fraction of sp³-hybridized carbons (Fsp3) is 0.429. The van der Waals surface area contributed by atoms with Gasteiger partial charge in [-0.1, -0.05) is 36.4 Å². The Morgan fingerprint density at radius 2 is 2.12 bits per heavy atom. The third-order valence-corrected chi connectivity index (χ3v) is 2.88. The number of benzene rings is 1. The van der Waals surface area contributed by atoms with E-state index in [0.717, 1.165) is 0 Å². The molecule has 3 heteroatoms. The van der Waals surface area contributed by atoms with Crippen LogP contribution in [0.1, 0.15) is 31.0 Å². The molecule has 0 amide bonds. The van der Waals surface area contributed by atoms with Gasteiger partial charge in [0.25, 0.3) is 0 Å². The topological polar surface area (TPSA) is 32.4 Å². The van der Waals surface area contributed by atoms with Gasteiger partial charge < -0.3 is 0 Å². The number of rotatable bonds is 5. The molecule has 17 heavy (non-hydrogen) atoms. The fourth-order valence-electron chi connectivity index (χ4n) is 2.15. The lowest BCUT2D eigenvalue weighted by Crippen LogP contribution is -2.34. The predicted molar refractivity (Wildman–Crippen MR) is 66.7 cm³/mol. The molecular weight excluding hydrogens is 214 g/mol. The summed E-state index contributed by atoms with van der Waals surface area (Å²) in [6.07, 6.45) is 4.23. The second kappa shape index (κ2) is 5.45. The van der Waals surface area contributed by atoms with E-state index in [9.17, 15) is 5.11 Å². The molecule has 0 bridgehead atoms. The summed E-state index contributed by atoms with van der Waals surface area (Å²) in [5.74, 6) is 0. The molecule has 91 valence electrons. The molecule has 1 aliphatic rings. The van der Waals surface area contributed by atoms with Gasteiger partial charge in [-0.25, -0.2) is 5.11 Å². The van der Waals surface area contributed by atoms with Gasteiger partial charge in [0.15, 0.2) is 0 Å². The summed E-state index contributed by atoms with van der Waals surface area (Å²) in [5, 5.41) is 12.5. The van der Waals surface area contributed by atoms with Gasteiger partial charge in [0, 0.05) is 6.04 Å². The summed E-state index contributed by atoms with van der Waals surface area (Å²) in [5.41, 5.74) is 2.47. The van der Waals surface area contributed by atoms with Crippen LogP contribution in [0.3, 0.4) is 0 Å². The molecule has 0 aromatic heterocycles. The van der Waals surface area contributed by atoms with Crippen LogP contribution in [0.15, 0.2) is 30.3 Å². The molecule has 0 fully saturated rings. The molecule has 3 nitrogen and oxygen atoms in total. The van der Waals surface area contributed by atoms with Crippen LogP contribution in [0, 0.1) is 0 Å². The average molecular weight is 232 g/mol. The number of hydroxylamine groups is 2. The van der Waals surface area contributed by atoms with E-state index in [2.05, 4.69) is 38.1 Å². The first-order chi connectivity index (χ1) is 8.24. The van der Waals surface area contributed by atoms with Gasteiger partial charge >= 0.3 is 0 Å². The Morgan fingerprint density at radius 1 is 1.35 bits per heavy atom.